The maximum atomic E-state index is 4.62. The van der Waals surface area contributed by atoms with Crippen molar-refractivity contribution in [3.05, 3.63) is 18.7 Å². The van der Waals surface area contributed by atoms with Gasteiger partial charge in [-0.1, -0.05) is 20.8 Å². The molecule has 2 saturated heterocycles. The van der Waals surface area contributed by atoms with Crippen molar-refractivity contribution in [2.45, 2.75) is 58.5 Å². The summed E-state index contributed by atoms with van der Waals surface area (Å²) in [6.07, 6.45) is 11.1. The summed E-state index contributed by atoms with van der Waals surface area (Å²) in [5.74, 6) is 2.44. The third kappa shape index (κ3) is 5.24. The zero-order valence-corrected chi connectivity index (χ0v) is 17.6. The fraction of sp³-hybridized carbons (Fsp3) is 0.810. The van der Waals surface area contributed by atoms with Crippen molar-refractivity contribution in [1.82, 2.24) is 24.7 Å². The number of piperidine rings is 1. The van der Waals surface area contributed by atoms with Gasteiger partial charge < -0.3 is 14.8 Å². The standard InChI is InChI=1S/C21H38N6/c1-17(2)13-19(25-9-5-6-10-25)14-24-21(22-4)26-11-7-18(3)20(15-26)27-12-8-23-16-27/h8,12,16-20H,5-7,9-11,13-15H2,1-4H3,(H,22,24). The van der Waals surface area contributed by atoms with E-state index in [9.17, 15) is 0 Å². The van der Waals surface area contributed by atoms with Gasteiger partial charge in [-0.3, -0.25) is 9.89 Å². The van der Waals surface area contributed by atoms with Crippen molar-refractivity contribution in [2.75, 3.05) is 39.8 Å². The Morgan fingerprint density at radius 3 is 2.67 bits per heavy atom. The molecule has 0 aliphatic carbocycles. The van der Waals surface area contributed by atoms with Crippen molar-refractivity contribution in [3.63, 3.8) is 0 Å². The molecule has 2 aliphatic heterocycles. The number of guanidine groups is 1. The largest absolute Gasteiger partial charge is 0.355 e. The highest BCUT2D eigenvalue weighted by Gasteiger charge is 2.29. The minimum absolute atomic E-state index is 0.463. The van der Waals surface area contributed by atoms with Crippen LogP contribution >= 0.6 is 0 Å². The molecule has 3 unspecified atom stereocenters. The molecule has 0 radical (unpaired) electrons. The summed E-state index contributed by atoms with van der Waals surface area (Å²) < 4.78 is 2.26. The molecule has 0 saturated carbocycles. The molecule has 1 aromatic heterocycles. The van der Waals surface area contributed by atoms with Crippen LogP contribution in [0.1, 0.15) is 52.5 Å². The molecule has 0 aromatic carbocycles. The summed E-state index contributed by atoms with van der Waals surface area (Å²) in [6.45, 7) is 12.6. The predicted octanol–water partition coefficient (Wildman–Crippen LogP) is 2.85. The van der Waals surface area contributed by atoms with Gasteiger partial charge in [0.05, 0.1) is 12.4 Å². The number of nitrogens with one attached hydrogen (secondary N) is 1. The monoisotopic (exact) mass is 374 g/mol. The van der Waals surface area contributed by atoms with Crippen LogP contribution in [0.3, 0.4) is 0 Å². The number of rotatable bonds is 6. The third-order valence-corrected chi connectivity index (χ3v) is 6.23. The quantitative estimate of drug-likeness (QED) is 0.614. The van der Waals surface area contributed by atoms with Gasteiger partial charge in [-0.05, 0) is 50.6 Å². The average molecular weight is 375 g/mol. The van der Waals surface area contributed by atoms with Gasteiger partial charge in [0.2, 0.25) is 0 Å². The molecule has 3 atom stereocenters. The maximum absolute atomic E-state index is 4.62. The first-order chi connectivity index (χ1) is 13.1. The fourth-order valence-electron chi connectivity index (χ4n) is 4.65. The molecule has 2 fully saturated rings. The molecule has 1 N–H and O–H groups in total. The highest BCUT2D eigenvalue weighted by molar-refractivity contribution is 5.80. The second-order valence-corrected chi connectivity index (χ2v) is 8.74. The number of aromatic nitrogens is 2. The van der Waals surface area contributed by atoms with Crippen LogP contribution in [0.25, 0.3) is 0 Å². The van der Waals surface area contributed by atoms with Gasteiger partial charge in [-0.2, -0.15) is 0 Å². The van der Waals surface area contributed by atoms with Crippen LogP contribution in [-0.2, 0) is 0 Å². The molecule has 152 valence electrons. The molecule has 0 amide bonds. The van der Waals surface area contributed by atoms with Gasteiger partial charge in [0.25, 0.3) is 0 Å². The minimum Gasteiger partial charge on any atom is -0.355 e. The van der Waals surface area contributed by atoms with Crippen molar-refractivity contribution in [1.29, 1.82) is 0 Å². The average Bonchev–Trinajstić information content (AvgIpc) is 3.36. The molecular weight excluding hydrogens is 336 g/mol. The van der Waals surface area contributed by atoms with E-state index in [2.05, 4.69) is 56.6 Å². The van der Waals surface area contributed by atoms with E-state index in [1.165, 1.54) is 38.8 Å². The van der Waals surface area contributed by atoms with Gasteiger partial charge in [0, 0.05) is 45.1 Å². The molecule has 6 heteroatoms. The lowest BCUT2D eigenvalue weighted by Gasteiger charge is -2.40. The zero-order chi connectivity index (χ0) is 19.2. The van der Waals surface area contributed by atoms with Crippen molar-refractivity contribution in [3.8, 4) is 0 Å². The Morgan fingerprint density at radius 1 is 1.26 bits per heavy atom. The van der Waals surface area contributed by atoms with Crippen LogP contribution in [0.15, 0.2) is 23.7 Å². The molecular formula is C21H38N6. The summed E-state index contributed by atoms with van der Waals surface area (Å²) in [5.41, 5.74) is 0. The Hall–Kier alpha value is -1.56. The van der Waals surface area contributed by atoms with E-state index in [0.29, 0.717) is 18.0 Å². The topological polar surface area (TPSA) is 48.7 Å². The van der Waals surface area contributed by atoms with E-state index in [-0.39, 0.29) is 0 Å². The van der Waals surface area contributed by atoms with Crippen molar-refractivity contribution < 1.29 is 0 Å². The number of nitrogens with zero attached hydrogens (tertiary/aromatic N) is 5. The molecule has 27 heavy (non-hydrogen) atoms. The van der Waals surface area contributed by atoms with Crippen LogP contribution in [0.4, 0.5) is 0 Å². The first-order valence-corrected chi connectivity index (χ1v) is 10.8. The van der Waals surface area contributed by atoms with Crippen LogP contribution < -0.4 is 5.32 Å². The normalized spacial score (nSPS) is 26.0. The number of likely N-dealkylation sites (tertiary alicyclic amines) is 2. The van der Waals surface area contributed by atoms with Gasteiger partial charge >= 0.3 is 0 Å². The number of imidazole rings is 1. The minimum atomic E-state index is 0.463. The molecule has 3 rings (SSSR count). The number of aliphatic imine (C=N–C) groups is 1. The van der Waals surface area contributed by atoms with Crippen LogP contribution in [0, 0.1) is 11.8 Å². The van der Waals surface area contributed by atoms with E-state index >= 15 is 0 Å². The van der Waals surface area contributed by atoms with E-state index in [1.807, 2.05) is 19.6 Å². The summed E-state index contributed by atoms with van der Waals surface area (Å²) in [6, 6.07) is 1.07. The lowest BCUT2D eigenvalue weighted by Crippen LogP contribution is -2.52. The Labute approximate surface area is 165 Å². The highest BCUT2D eigenvalue weighted by atomic mass is 15.3. The van der Waals surface area contributed by atoms with Crippen molar-refractivity contribution in [2.24, 2.45) is 16.8 Å². The SMILES string of the molecule is CN=C(NCC(CC(C)C)N1CCCC1)N1CCC(C)C(n2ccnc2)C1. The second-order valence-electron chi connectivity index (χ2n) is 8.74. The van der Waals surface area contributed by atoms with Gasteiger partial charge in [-0.25, -0.2) is 4.98 Å². The Balaban J connectivity index is 1.60. The van der Waals surface area contributed by atoms with Gasteiger partial charge in [0.1, 0.15) is 0 Å². The second kappa shape index (κ2) is 9.58. The van der Waals surface area contributed by atoms with Crippen LogP contribution in [-0.4, -0.2) is 71.1 Å². The van der Waals surface area contributed by atoms with E-state index in [0.717, 1.165) is 31.5 Å². The van der Waals surface area contributed by atoms with Crippen LogP contribution in [0.5, 0.6) is 0 Å². The highest BCUT2D eigenvalue weighted by Crippen LogP contribution is 2.27. The summed E-state index contributed by atoms with van der Waals surface area (Å²) in [5, 5.41) is 3.71. The molecule has 6 nitrogen and oxygen atoms in total. The van der Waals surface area contributed by atoms with Crippen molar-refractivity contribution >= 4 is 5.96 Å². The predicted molar refractivity (Wildman–Crippen MR) is 112 cm³/mol. The lowest BCUT2D eigenvalue weighted by molar-refractivity contribution is 0.183. The summed E-state index contributed by atoms with van der Waals surface area (Å²) in [4.78, 5) is 14.0. The first kappa shape index (κ1) is 20.2. The van der Waals surface area contributed by atoms with Gasteiger partial charge in [-0.15, -0.1) is 0 Å². The van der Waals surface area contributed by atoms with E-state index in [1.54, 1.807) is 0 Å². The molecule has 1 aromatic rings. The number of hydrogen-bond donors (Lipinski definition) is 1. The maximum Gasteiger partial charge on any atom is 0.193 e. The fourth-order valence-corrected chi connectivity index (χ4v) is 4.65. The lowest BCUT2D eigenvalue weighted by atomic mass is 9.93. The number of hydrogen-bond acceptors (Lipinski definition) is 3. The smallest absolute Gasteiger partial charge is 0.193 e. The molecule has 0 spiro atoms. The Bertz CT molecular complexity index is 576. The Morgan fingerprint density at radius 2 is 2.04 bits per heavy atom. The van der Waals surface area contributed by atoms with E-state index in [4.69, 9.17) is 0 Å². The third-order valence-electron chi connectivity index (χ3n) is 6.23. The van der Waals surface area contributed by atoms with Crippen LogP contribution in [0.2, 0.25) is 0 Å². The Kier molecular flexibility index (Phi) is 7.16. The summed E-state index contributed by atoms with van der Waals surface area (Å²) >= 11 is 0. The van der Waals surface area contributed by atoms with Gasteiger partial charge in [0.15, 0.2) is 5.96 Å². The molecule has 3 heterocycles. The van der Waals surface area contributed by atoms with E-state index < -0.39 is 0 Å². The summed E-state index contributed by atoms with van der Waals surface area (Å²) in [7, 11) is 1.92. The molecule has 2 aliphatic rings. The molecule has 0 bridgehead atoms. The first-order valence-electron chi connectivity index (χ1n) is 10.8. The zero-order valence-electron chi connectivity index (χ0n) is 17.6.